The Morgan fingerprint density at radius 1 is 1.37 bits per heavy atom. The zero-order valence-corrected chi connectivity index (χ0v) is 17.5. The normalized spacial score (nSPS) is 18.4. The van der Waals surface area contributed by atoms with Crippen molar-refractivity contribution in [2.75, 3.05) is 36.9 Å². The number of nitrogens with zero attached hydrogens (tertiary/aromatic N) is 5. The van der Waals surface area contributed by atoms with Crippen molar-refractivity contribution in [2.24, 2.45) is 0 Å². The van der Waals surface area contributed by atoms with Crippen molar-refractivity contribution < 1.29 is 9.53 Å². The average molecular weight is 426 g/mol. The summed E-state index contributed by atoms with van der Waals surface area (Å²) in [5.74, 6) is 1.94. The van der Waals surface area contributed by atoms with Crippen molar-refractivity contribution in [3.63, 3.8) is 0 Å². The summed E-state index contributed by atoms with van der Waals surface area (Å²) >= 11 is 1.45. The smallest absolute Gasteiger partial charge is 0.317 e. The van der Waals surface area contributed by atoms with Crippen molar-refractivity contribution in [2.45, 2.75) is 25.9 Å². The van der Waals surface area contributed by atoms with Crippen LogP contribution in [-0.2, 0) is 13.0 Å². The van der Waals surface area contributed by atoms with E-state index in [1.54, 1.807) is 5.51 Å². The number of anilines is 2. The monoisotopic (exact) mass is 425 g/mol. The highest BCUT2D eigenvalue weighted by Gasteiger charge is 2.29. The minimum absolute atomic E-state index is 0.0562. The van der Waals surface area contributed by atoms with E-state index in [4.69, 9.17) is 10.5 Å². The predicted molar refractivity (Wildman–Crippen MR) is 116 cm³/mol. The Labute approximate surface area is 177 Å². The molecule has 4 heterocycles. The summed E-state index contributed by atoms with van der Waals surface area (Å²) in [7, 11) is 0. The predicted octanol–water partition coefficient (Wildman–Crippen LogP) is 2.02. The summed E-state index contributed by atoms with van der Waals surface area (Å²) in [5, 5.41) is 3.04. The van der Waals surface area contributed by atoms with Crippen LogP contribution in [0.3, 0.4) is 0 Å². The van der Waals surface area contributed by atoms with E-state index < -0.39 is 0 Å². The van der Waals surface area contributed by atoms with Gasteiger partial charge in [-0.15, -0.1) is 11.3 Å². The fourth-order valence-corrected chi connectivity index (χ4v) is 4.72. The molecule has 1 fully saturated rings. The Morgan fingerprint density at radius 2 is 2.27 bits per heavy atom. The minimum Gasteiger partial charge on any atom is -0.493 e. The summed E-state index contributed by atoms with van der Waals surface area (Å²) in [6, 6.07) is 6.13. The number of thiazole rings is 1. The van der Waals surface area contributed by atoms with Crippen LogP contribution < -0.4 is 20.7 Å². The number of carbonyl (C=O) groups excluding carboxylic acids is 1. The van der Waals surface area contributed by atoms with Crippen molar-refractivity contribution in [3.05, 3.63) is 34.8 Å². The minimum atomic E-state index is -0.0562. The molecule has 1 atom stereocenters. The third-order valence-corrected chi connectivity index (χ3v) is 6.30. The number of hydrogen-bond donors (Lipinski definition) is 2. The molecule has 10 heteroatoms. The highest BCUT2D eigenvalue weighted by atomic mass is 32.1. The van der Waals surface area contributed by atoms with Crippen LogP contribution in [0.4, 0.5) is 16.6 Å². The Morgan fingerprint density at radius 3 is 3.13 bits per heavy atom. The lowest BCUT2D eigenvalue weighted by atomic mass is 10.1. The Bertz CT molecular complexity index is 1100. The third kappa shape index (κ3) is 3.47. The molecule has 0 aliphatic carbocycles. The highest BCUT2D eigenvalue weighted by molar-refractivity contribution is 7.16. The number of piperazine rings is 1. The molecular weight excluding hydrogens is 402 g/mol. The van der Waals surface area contributed by atoms with Gasteiger partial charge in [0.2, 0.25) is 5.95 Å². The zero-order valence-electron chi connectivity index (χ0n) is 16.7. The summed E-state index contributed by atoms with van der Waals surface area (Å²) in [5.41, 5.74) is 10.7. The first-order valence-corrected chi connectivity index (χ1v) is 10.9. The van der Waals surface area contributed by atoms with Crippen LogP contribution in [0.15, 0.2) is 23.7 Å². The summed E-state index contributed by atoms with van der Waals surface area (Å²) in [6.07, 6.45) is 0.927. The maximum absolute atomic E-state index is 12.7. The Kier molecular flexibility index (Phi) is 4.78. The molecule has 30 heavy (non-hydrogen) atoms. The molecule has 2 aromatic heterocycles. The number of amides is 2. The molecule has 0 spiro atoms. The quantitative estimate of drug-likeness (QED) is 0.661. The van der Waals surface area contributed by atoms with Gasteiger partial charge in [0.25, 0.3) is 0 Å². The van der Waals surface area contributed by atoms with Crippen LogP contribution in [0.1, 0.15) is 18.1 Å². The molecule has 3 aromatic rings. The number of urea groups is 1. The maximum atomic E-state index is 12.7. The molecule has 2 aliphatic heterocycles. The van der Waals surface area contributed by atoms with Gasteiger partial charge in [0.15, 0.2) is 10.6 Å². The Balaban J connectivity index is 1.23. The van der Waals surface area contributed by atoms with Gasteiger partial charge in [0.1, 0.15) is 11.3 Å². The molecule has 0 bridgehead atoms. The number of nitrogen functional groups attached to an aromatic ring is 1. The molecule has 3 N–H and O–H groups in total. The lowest BCUT2D eigenvalue weighted by Crippen LogP contribution is -2.56. The SMILES string of the molecule is CC1CN(C(=O)NCc2ccc3c(c2)CCO3)CCN1c1nc(N)nc2scnc12. The molecule has 0 saturated carbocycles. The first-order chi connectivity index (χ1) is 14.6. The number of nitrogens with one attached hydrogen (secondary N) is 1. The second-order valence-electron chi connectivity index (χ2n) is 7.60. The van der Waals surface area contributed by atoms with Gasteiger partial charge >= 0.3 is 6.03 Å². The van der Waals surface area contributed by atoms with Gasteiger partial charge < -0.3 is 25.6 Å². The van der Waals surface area contributed by atoms with Crippen molar-refractivity contribution >= 4 is 39.5 Å². The topological polar surface area (TPSA) is 110 Å². The van der Waals surface area contributed by atoms with E-state index in [1.165, 1.54) is 16.9 Å². The fourth-order valence-electron chi connectivity index (χ4n) is 4.06. The van der Waals surface area contributed by atoms with Gasteiger partial charge in [-0.3, -0.25) is 0 Å². The molecule has 2 aliphatic rings. The number of ether oxygens (including phenoxy) is 1. The second kappa shape index (κ2) is 7.60. The standard InChI is InChI=1S/C20H23N7O2S/c1-12-10-26(20(28)22-9-13-2-3-15-14(8-13)4-7-29-15)5-6-27(12)17-16-18(30-11-23-16)25-19(21)24-17/h2-3,8,11-12H,4-7,9-10H2,1H3,(H,22,28)(H2,21,24,25). The van der Waals surface area contributed by atoms with Crippen molar-refractivity contribution in [1.82, 2.24) is 25.2 Å². The summed E-state index contributed by atoms with van der Waals surface area (Å²) in [4.78, 5) is 30.6. The molecule has 1 unspecified atom stereocenters. The molecule has 2 amide bonds. The second-order valence-corrected chi connectivity index (χ2v) is 8.43. The summed E-state index contributed by atoms with van der Waals surface area (Å²) < 4.78 is 5.54. The van der Waals surface area contributed by atoms with E-state index in [0.29, 0.717) is 26.2 Å². The average Bonchev–Trinajstić information content (AvgIpc) is 3.40. The molecule has 9 nitrogen and oxygen atoms in total. The van der Waals surface area contributed by atoms with Gasteiger partial charge in [-0.1, -0.05) is 12.1 Å². The molecule has 1 saturated heterocycles. The summed E-state index contributed by atoms with van der Waals surface area (Å²) in [6.45, 7) is 5.18. The molecule has 1 aromatic carbocycles. The zero-order chi connectivity index (χ0) is 20.7. The van der Waals surface area contributed by atoms with Crippen LogP contribution >= 0.6 is 11.3 Å². The van der Waals surface area contributed by atoms with Crippen LogP contribution in [-0.4, -0.2) is 58.2 Å². The lowest BCUT2D eigenvalue weighted by molar-refractivity contribution is 0.186. The molecule has 0 radical (unpaired) electrons. The number of rotatable bonds is 3. The van der Waals surface area contributed by atoms with Gasteiger partial charge in [-0.2, -0.15) is 4.98 Å². The van der Waals surface area contributed by atoms with Crippen LogP contribution in [0.25, 0.3) is 10.3 Å². The number of carbonyl (C=O) groups is 1. The van der Waals surface area contributed by atoms with Crippen molar-refractivity contribution in [3.8, 4) is 5.75 Å². The van der Waals surface area contributed by atoms with E-state index in [-0.39, 0.29) is 18.0 Å². The Hall–Kier alpha value is -3.14. The van der Waals surface area contributed by atoms with E-state index in [0.717, 1.165) is 40.5 Å². The largest absolute Gasteiger partial charge is 0.493 e. The molecule has 156 valence electrons. The van der Waals surface area contributed by atoms with E-state index in [9.17, 15) is 4.79 Å². The fraction of sp³-hybridized carbons (Fsp3) is 0.400. The lowest BCUT2D eigenvalue weighted by Gasteiger charge is -2.40. The number of nitrogens with two attached hydrogens (primary N) is 1. The number of benzene rings is 1. The first-order valence-electron chi connectivity index (χ1n) is 9.99. The van der Waals surface area contributed by atoms with Crippen LogP contribution in [0.2, 0.25) is 0 Å². The number of hydrogen-bond acceptors (Lipinski definition) is 8. The van der Waals surface area contributed by atoms with Crippen molar-refractivity contribution in [1.29, 1.82) is 0 Å². The van der Waals surface area contributed by atoms with Gasteiger partial charge in [0, 0.05) is 38.6 Å². The number of aromatic nitrogens is 3. The van der Waals surface area contributed by atoms with E-state index >= 15 is 0 Å². The van der Waals surface area contributed by atoms with Gasteiger partial charge in [0.05, 0.1) is 12.1 Å². The third-order valence-electron chi connectivity index (χ3n) is 5.58. The maximum Gasteiger partial charge on any atom is 0.317 e. The van der Waals surface area contributed by atoms with Crippen LogP contribution in [0, 0.1) is 0 Å². The highest BCUT2D eigenvalue weighted by Crippen LogP contribution is 2.29. The first kappa shape index (κ1) is 18.9. The molecule has 5 rings (SSSR count). The van der Waals surface area contributed by atoms with E-state index in [2.05, 4.69) is 38.2 Å². The molecular formula is C20H23N7O2S. The number of fused-ring (bicyclic) bond motifs is 2. The van der Waals surface area contributed by atoms with E-state index in [1.807, 2.05) is 17.0 Å². The van der Waals surface area contributed by atoms with Gasteiger partial charge in [-0.25, -0.2) is 14.8 Å². The van der Waals surface area contributed by atoms with Gasteiger partial charge in [-0.05, 0) is 24.1 Å². The van der Waals surface area contributed by atoms with Crippen LogP contribution in [0.5, 0.6) is 5.75 Å².